The lowest BCUT2D eigenvalue weighted by Gasteiger charge is -2.23. The van der Waals surface area contributed by atoms with Crippen LogP contribution in [-0.2, 0) is 20.8 Å². The molecule has 0 spiro atoms. The Morgan fingerprint density at radius 3 is 2.12 bits per heavy atom. The van der Waals surface area contributed by atoms with Crippen LogP contribution < -0.4 is 10.6 Å². The summed E-state index contributed by atoms with van der Waals surface area (Å²) in [7, 11) is 0. The molecule has 0 aliphatic heterocycles. The summed E-state index contributed by atoms with van der Waals surface area (Å²) in [5, 5.41) is 14.0. The van der Waals surface area contributed by atoms with E-state index in [1.807, 2.05) is 32.0 Å². The summed E-state index contributed by atoms with van der Waals surface area (Å²) in [6.45, 7) is 3.84. The number of benzene rings is 1. The number of rotatable bonds is 10. The van der Waals surface area contributed by atoms with Crippen LogP contribution in [-0.4, -0.2) is 46.0 Å². The van der Waals surface area contributed by atoms with Crippen LogP contribution in [0.4, 0.5) is 0 Å². The standard InChI is InChI=1S/C18H26N2O4S2/c1-11(2)8-13(19-17(22)15(26)10-25)16(21)20-14(18(23)24)9-12-6-4-3-5-7-12/h3-7,11,13-15,25-26H,8-10H2,1-2H3,(H,19,22)(H,20,21)(H,23,24)/t13-,14?,15?/m0/s1. The molecule has 0 heterocycles. The zero-order chi connectivity index (χ0) is 19.7. The summed E-state index contributed by atoms with van der Waals surface area (Å²) in [5.41, 5.74) is 0.801. The average molecular weight is 399 g/mol. The number of carboxylic acids is 1. The molecular formula is C18H26N2O4S2. The van der Waals surface area contributed by atoms with E-state index in [1.54, 1.807) is 12.1 Å². The maximum Gasteiger partial charge on any atom is 0.326 e. The SMILES string of the molecule is CC(C)C[C@H](NC(=O)C(S)CS)C(=O)NC(Cc1ccccc1)C(=O)O. The van der Waals surface area contributed by atoms with Crippen molar-refractivity contribution in [1.29, 1.82) is 0 Å². The molecule has 0 fully saturated rings. The second-order valence-electron chi connectivity index (χ2n) is 6.48. The van der Waals surface area contributed by atoms with Crippen molar-refractivity contribution in [3.05, 3.63) is 35.9 Å². The van der Waals surface area contributed by atoms with Crippen LogP contribution >= 0.6 is 25.3 Å². The number of carbonyl (C=O) groups excluding carboxylic acids is 2. The lowest BCUT2D eigenvalue weighted by atomic mass is 10.0. The fraction of sp³-hybridized carbons (Fsp3) is 0.500. The van der Waals surface area contributed by atoms with Crippen molar-refractivity contribution in [1.82, 2.24) is 10.6 Å². The smallest absolute Gasteiger partial charge is 0.326 e. The zero-order valence-corrected chi connectivity index (χ0v) is 16.7. The number of carboxylic acid groups (broad SMARTS) is 1. The van der Waals surface area contributed by atoms with Crippen LogP contribution in [0.2, 0.25) is 0 Å². The maximum absolute atomic E-state index is 12.6. The van der Waals surface area contributed by atoms with E-state index < -0.39 is 35.1 Å². The summed E-state index contributed by atoms with van der Waals surface area (Å²) in [6.07, 6.45) is 0.554. The van der Waals surface area contributed by atoms with Crippen LogP contribution in [0.25, 0.3) is 0 Å². The molecular weight excluding hydrogens is 372 g/mol. The fourth-order valence-corrected chi connectivity index (χ4v) is 2.62. The molecule has 0 aliphatic rings. The van der Waals surface area contributed by atoms with Gasteiger partial charge in [-0.15, -0.1) is 0 Å². The monoisotopic (exact) mass is 398 g/mol. The quantitative estimate of drug-likeness (QED) is 0.387. The first-order valence-electron chi connectivity index (χ1n) is 8.41. The third kappa shape index (κ3) is 7.70. The number of thiol groups is 2. The van der Waals surface area contributed by atoms with E-state index in [4.69, 9.17) is 0 Å². The normalized spacial score (nSPS) is 14.3. The van der Waals surface area contributed by atoms with Crippen molar-refractivity contribution >= 4 is 43.0 Å². The van der Waals surface area contributed by atoms with Crippen molar-refractivity contribution in [2.45, 2.75) is 44.0 Å². The molecule has 0 saturated heterocycles. The number of amides is 2. The van der Waals surface area contributed by atoms with Gasteiger partial charge in [0.15, 0.2) is 0 Å². The van der Waals surface area contributed by atoms with Gasteiger partial charge in [0.25, 0.3) is 0 Å². The average Bonchev–Trinajstić information content (AvgIpc) is 2.60. The predicted molar refractivity (Wildman–Crippen MR) is 108 cm³/mol. The van der Waals surface area contributed by atoms with E-state index in [-0.39, 0.29) is 18.1 Å². The second-order valence-corrected chi connectivity index (χ2v) is 7.47. The molecule has 0 saturated carbocycles. The lowest BCUT2D eigenvalue weighted by molar-refractivity contribution is -0.142. The molecule has 1 rings (SSSR count). The number of hydrogen-bond acceptors (Lipinski definition) is 5. The van der Waals surface area contributed by atoms with Crippen LogP contribution in [0.1, 0.15) is 25.8 Å². The Labute approximate surface area is 164 Å². The summed E-state index contributed by atoms with van der Waals surface area (Å²) >= 11 is 8.13. The van der Waals surface area contributed by atoms with Crippen molar-refractivity contribution < 1.29 is 19.5 Å². The first kappa shape index (κ1) is 22.4. The third-order valence-corrected chi connectivity index (χ3v) is 4.78. The van der Waals surface area contributed by atoms with Gasteiger partial charge in [-0.1, -0.05) is 44.2 Å². The highest BCUT2D eigenvalue weighted by molar-refractivity contribution is 7.85. The Morgan fingerprint density at radius 2 is 1.62 bits per heavy atom. The van der Waals surface area contributed by atoms with Crippen LogP contribution in [0.3, 0.4) is 0 Å². The van der Waals surface area contributed by atoms with Gasteiger partial charge in [0, 0.05) is 12.2 Å². The van der Waals surface area contributed by atoms with Crippen molar-refractivity contribution in [2.75, 3.05) is 5.75 Å². The van der Waals surface area contributed by atoms with Crippen LogP contribution in [0, 0.1) is 5.92 Å². The number of aliphatic carboxylic acids is 1. The van der Waals surface area contributed by atoms with Crippen molar-refractivity contribution in [2.24, 2.45) is 5.92 Å². The number of hydrogen-bond donors (Lipinski definition) is 5. The van der Waals surface area contributed by atoms with E-state index >= 15 is 0 Å². The van der Waals surface area contributed by atoms with Gasteiger partial charge in [-0.25, -0.2) is 4.79 Å². The van der Waals surface area contributed by atoms with E-state index in [0.717, 1.165) is 5.56 Å². The molecule has 1 aromatic rings. The van der Waals surface area contributed by atoms with Gasteiger partial charge in [-0.2, -0.15) is 25.3 Å². The number of nitrogens with one attached hydrogen (secondary N) is 2. The van der Waals surface area contributed by atoms with Gasteiger partial charge in [0.1, 0.15) is 12.1 Å². The minimum absolute atomic E-state index is 0.137. The van der Waals surface area contributed by atoms with E-state index in [2.05, 4.69) is 35.9 Å². The van der Waals surface area contributed by atoms with Crippen LogP contribution in [0.5, 0.6) is 0 Å². The van der Waals surface area contributed by atoms with E-state index in [9.17, 15) is 19.5 Å². The summed E-state index contributed by atoms with van der Waals surface area (Å²) in [6, 6.07) is 7.15. The van der Waals surface area contributed by atoms with Crippen LogP contribution in [0.15, 0.2) is 30.3 Å². The highest BCUT2D eigenvalue weighted by Gasteiger charge is 2.28. The molecule has 3 atom stereocenters. The Hall–Kier alpha value is -1.67. The Kier molecular flexibility index (Phi) is 9.58. The minimum Gasteiger partial charge on any atom is -0.480 e. The minimum atomic E-state index is -1.13. The molecule has 2 unspecified atom stereocenters. The van der Waals surface area contributed by atoms with Gasteiger partial charge < -0.3 is 15.7 Å². The van der Waals surface area contributed by atoms with Gasteiger partial charge in [0.2, 0.25) is 11.8 Å². The molecule has 144 valence electrons. The predicted octanol–water partition coefficient (Wildman–Crippen LogP) is 1.56. The molecule has 3 N–H and O–H groups in total. The van der Waals surface area contributed by atoms with Crippen molar-refractivity contribution in [3.63, 3.8) is 0 Å². The first-order chi connectivity index (χ1) is 12.2. The number of carbonyl (C=O) groups is 3. The second kappa shape index (κ2) is 11.1. The van der Waals surface area contributed by atoms with E-state index in [1.165, 1.54) is 0 Å². The topological polar surface area (TPSA) is 95.5 Å². The largest absolute Gasteiger partial charge is 0.480 e. The lowest BCUT2D eigenvalue weighted by Crippen LogP contribution is -2.53. The summed E-state index contributed by atoms with van der Waals surface area (Å²) < 4.78 is 0. The van der Waals surface area contributed by atoms with E-state index in [0.29, 0.717) is 6.42 Å². The van der Waals surface area contributed by atoms with Gasteiger partial charge in [-0.05, 0) is 17.9 Å². The molecule has 0 bridgehead atoms. The molecule has 2 amide bonds. The molecule has 0 radical (unpaired) electrons. The Bertz CT molecular complexity index is 610. The van der Waals surface area contributed by atoms with Crippen molar-refractivity contribution in [3.8, 4) is 0 Å². The first-order valence-corrected chi connectivity index (χ1v) is 9.55. The molecule has 6 nitrogen and oxygen atoms in total. The fourth-order valence-electron chi connectivity index (χ4n) is 2.38. The third-order valence-electron chi connectivity index (χ3n) is 3.71. The molecule has 26 heavy (non-hydrogen) atoms. The highest BCUT2D eigenvalue weighted by atomic mass is 32.1. The zero-order valence-electron chi connectivity index (χ0n) is 14.9. The highest BCUT2D eigenvalue weighted by Crippen LogP contribution is 2.09. The Morgan fingerprint density at radius 1 is 1.04 bits per heavy atom. The Balaban J connectivity index is 2.83. The van der Waals surface area contributed by atoms with Gasteiger partial charge in [0.05, 0.1) is 5.25 Å². The maximum atomic E-state index is 12.6. The summed E-state index contributed by atoms with van der Waals surface area (Å²) in [4.78, 5) is 36.2. The molecule has 0 aromatic heterocycles. The van der Waals surface area contributed by atoms with Gasteiger partial charge >= 0.3 is 5.97 Å². The van der Waals surface area contributed by atoms with Gasteiger partial charge in [-0.3, -0.25) is 9.59 Å². The molecule has 0 aliphatic carbocycles. The molecule has 1 aromatic carbocycles. The summed E-state index contributed by atoms with van der Waals surface area (Å²) in [5.74, 6) is -1.68. The molecule has 8 heteroatoms.